The number of anilines is 1. The fourth-order valence-corrected chi connectivity index (χ4v) is 3.88. The molecule has 4 rings (SSSR count). The summed E-state index contributed by atoms with van der Waals surface area (Å²) in [6, 6.07) is 25.2. The van der Waals surface area contributed by atoms with Crippen molar-refractivity contribution in [2.24, 2.45) is 0 Å². The molecule has 3 aromatic carbocycles. The molecule has 0 bridgehead atoms. The second-order valence-electron chi connectivity index (χ2n) is 8.08. The molecule has 2 amide bonds. The maximum absolute atomic E-state index is 12.9. The molecule has 1 fully saturated rings. The second-order valence-corrected chi connectivity index (χ2v) is 9.09. The number of hydrogen-bond donors (Lipinski definition) is 3. The molecule has 1 aliphatic rings. The number of carbonyl (C=O) groups excluding carboxylic acids is 2. The molecule has 1 unspecified atom stereocenters. The van der Waals surface area contributed by atoms with E-state index in [1.54, 1.807) is 6.08 Å². The van der Waals surface area contributed by atoms with Crippen LogP contribution < -0.4 is 20.3 Å². The van der Waals surface area contributed by atoms with Crippen LogP contribution in [-0.2, 0) is 16.1 Å². The molecule has 3 aromatic rings. The Bertz CT molecular complexity index is 1130. The summed E-state index contributed by atoms with van der Waals surface area (Å²) >= 11 is 2.45. The molecule has 2 radical (unpaired) electrons. The number of rotatable bonds is 9. The van der Waals surface area contributed by atoms with Gasteiger partial charge in [0.25, 0.3) is 0 Å². The summed E-state index contributed by atoms with van der Waals surface area (Å²) in [6.07, 6.45) is 5.47. The molecule has 0 aromatic heterocycles. The van der Waals surface area contributed by atoms with Crippen molar-refractivity contribution in [3.63, 3.8) is 0 Å². The van der Waals surface area contributed by atoms with E-state index >= 15 is 0 Å². The predicted octanol–water partition coefficient (Wildman–Crippen LogP) is 3.24. The summed E-state index contributed by atoms with van der Waals surface area (Å²) in [5.41, 5.74) is 3.65. The third-order valence-corrected chi connectivity index (χ3v) is 6.23. The van der Waals surface area contributed by atoms with Crippen molar-refractivity contribution in [1.29, 1.82) is 0 Å². The Balaban J connectivity index is 1.38. The molecular formula is C27H26AsN3O2. The van der Waals surface area contributed by atoms with Crippen LogP contribution in [0.3, 0.4) is 0 Å². The zero-order chi connectivity index (χ0) is 23.0. The van der Waals surface area contributed by atoms with E-state index in [0.29, 0.717) is 12.6 Å². The summed E-state index contributed by atoms with van der Waals surface area (Å²) in [6.45, 7) is 0.498. The minimum atomic E-state index is -0.401. The van der Waals surface area contributed by atoms with Gasteiger partial charge in [-0.05, 0) is 18.4 Å². The van der Waals surface area contributed by atoms with Crippen molar-refractivity contribution in [2.45, 2.75) is 31.5 Å². The van der Waals surface area contributed by atoms with Crippen molar-refractivity contribution in [3.05, 3.63) is 102 Å². The number of hydrogen-bond acceptors (Lipinski definition) is 3. The van der Waals surface area contributed by atoms with Crippen LogP contribution in [0.25, 0.3) is 6.08 Å². The van der Waals surface area contributed by atoms with Gasteiger partial charge in [-0.25, -0.2) is 0 Å². The molecular weight excluding hydrogens is 473 g/mol. The molecule has 0 saturated heterocycles. The van der Waals surface area contributed by atoms with E-state index in [1.165, 1.54) is 6.08 Å². The van der Waals surface area contributed by atoms with Crippen LogP contribution in [0.15, 0.2) is 84.9 Å². The van der Waals surface area contributed by atoms with Gasteiger partial charge in [0.15, 0.2) is 0 Å². The monoisotopic (exact) mass is 499 g/mol. The first-order valence-electron chi connectivity index (χ1n) is 11.0. The van der Waals surface area contributed by atoms with Crippen LogP contribution in [0.5, 0.6) is 0 Å². The molecule has 0 heterocycles. The molecule has 6 heteroatoms. The number of nitrogens with one attached hydrogen (secondary N) is 3. The molecule has 33 heavy (non-hydrogen) atoms. The van der Waals surface area contributed by atoms with Gasteiger partial charge in [-0.15, -0.1) is 0 Å². The van der Waals surface area contributed by atoms with Crippen LogP contribution in [0, 0.1) is 0 Å². The number of benzene rings is 3. The summed E-state index contributed by atoms with van der Waals surface area (Å²) in [5, 5.41) is 9.37. The molecule has 0 aliphatic heterocycles. The number of para-hydroxylation sites is 1. The Labute approximate surface area is 203 Å². The van der Waals surface area contributed by atoms with E-state index < -0.39 is 6.04 Å². The van der Waals surface area contributed by atoms with Crippen LogP contribution in [0.1, 0.15) is 35.6 Å². The van der Waals surface area contributed by atoms with Gasteiger partial charge in [-0.2, -0.15) is 0 Å². The Morgan fingerprint density at radius 2 is 1.64 bits per heavy atom. The van der Waals surface area contributed by atoms with Gasteiger partial charge in [0.05, 0.1) is 0 Å². The molecule has 1 aliphatic carbocycles. The van der Waals surface area contributed by atoms with E-state index in [-0.39, 0.29) is 11.8 Å². The standard InChI is InChI=1S/C27H26AsN3O2/c28-23-8-4-5-9-24(23)31-25(32)17-12-19-10-13-21(14-11-19)26(30-22-15-16-22)27(33)29-18-20-6-2-1-3-7-20/h1-14,17,22,26,30H,15-16,18H2,(H,29,33)(H,31,32)/b17-12+. The van der Waals surface area contributed by atoms with E-state index in [0.717, 1.165) is 39.6 Å². The van der Waals surface area contributed by atoms with E-state index in [4.69, 9.17) is 0 Å². The molecule has 5 nitrogen and oxygen atoms in total. The first kappa shape index (κ1) is 23.0. The van der Waals surface area contributed by atoms with Crippen LogP contribution in [-0.4, -0.2) is 34.7 Å². The average molecular weight is 499 g/mol. The Morgan fingerprint density at radius 3 is 2.33 bits per heavy atom. The molecule has 1 saturated carbocycles. The zero-order valence-corrected chi connectivity index (χ0v) is 20.1. The van der Waals surface area contributed by atoms with Crippen molar-refractivity contribution >= 4 is 44.8 Å². The summed E-state index contributed by atoms with van der Waals surface area (Å²) < 4.78 is 0.954. The summed E-state index contributed by atoms with van der Waals surface area (Å²) in [7, 11) is 0. The van der Waals surface area contributed by atoms with E-state index in [2.05, 4.69) is 32.8 Å². The number of carbonyl (C=O) groups is 2. The third-order valence-electron chi connectivity index (χ3n) is 5.41. The van der Waals surface area contributed by atoms with Gasteiger partial charge < -0.3 is 5.32 Å². The first-order valence-corrected chi connectivity index (χ1v) is 12.0. The molecule has 166 valence electrons. The Kier molecular flexibility index (Phi) is 7.77. The molecule has 3 N–H and O–H groups in total. The molecule has 1 atom stereocenters. The van der Waals surface area contributed by atoms with Gasteiger partial charge in [-0.1, -0.05) is 30.3 Å². The van der Waals surface area contributed by atoms with E-state index in [9.17, 15) is 9.59 Å². The summed E-state index contributed by atoms with van der Waals surface area (Å²) in [5.74, 6) is -0.226. The van der Waals surface area contributed by atoms with Gasteiger partial charge in [0, 0.05) is 12.6 Å². The van der Waals surface area contributed by atoms with Gasteiger partial charge in [0.1, 0.15) is 0 Å². The zero-order valence-electron chi connectivity index (χ0n) is 18.2. The van der Waals surface area contributed by atoms with Crippen molar-refractivity contribution in [2.75, 3.05) is 5.32 Å². The van der Waals surface area contributed by atoms with Crippen molar-refractivity contribution in [3.8, 4) is 0 Å². The third kappa shape index (κ3) is 6.92. The predicted molar refractivity (Wildman–Crippen MR) is 133 cm³/mol. The number of amides is 2. The van der Waals surface area contributed by atoms with Gasteiger partial charge in [0.2, 0.25) is 0 Å². The second kappa shape index (κ2) is 11.1. The minimum absolute atomic E-state index is 0.0370. The van der Waals surface area contributed by atoms with Crippen LogP contribution in [0.2, 0.25) is 0 Å². The quantitative estimate of drug-likeness (QED) is 0.313. The van der Waals surface area contributed by atoms with Crippen molar-refractivity contribution in [1.82, 2.24) is 10.6 Å². The Hall–Kier alpha value is -3.14. The van der Waals surface area contributed by atoms with Crippen LogP contribution in [0.4, 0.5) is 5.69 Å². The summed E-state index contributed by atoms with van der Waals surface area (Å²) in [4.78, 5) is 25.2. The SMILES string of the molecule is O=C(/C=C/c1ccc(C(NC2CC2)C(=O)NCc2ccccc2)cc1)Nc1ccccc1[As]. The Morgan fingerprint density at radius 1 is 0.939 bits per heavy atom. The normalized spacial score (nSPS) is 14.1. The topological polar surface area (TPSA) is 70.2 Å². The van der Waals surface area contributed by atoms with E-state index in [1.807, 2.05) is 78.9 Å². The van der Waals surface area contributed by atoms with Crippen molar-refractivity contribution < 1.29 is 9.59 Å². The molecule has 0 spiro atoms. The van der Waals surface area contributed by atoms with Crippen LogP contribution >= 0.6 is 0 Å². The first-order chi connectivity index (χ1) is 16.1. The van der Waals surface area contributed by atoms with Gasteiger partial charge in [-0.3, -0.25) is 4.79 Å². The fraction of sp³-hybridized carbons (Fsp3) is 0.185. The average Bonchev–Trinajstić information content (AvgIpc) is 3.67. The maximum atomic E-state index is 12.9. The fourth-order valence-electron chi connectivity index (χ4n) is 3.42. The van der Waals surface area contributed by atoms with Gasteiger partial charge >= 0.3 is 132 Å².